The highest BCUT2D eigenvalue weighted by molar-refractivity contribution is 6.03. The number of nitrogens with zero attached hydrogens (tertiary/aromatic N) is 2. The number of aromatic nitrogens is 3. The molecule has 0 atom stereocenters. The molecule has 0 aliphatic rings. The molecule has 8 nitrogen and oxygen atoms in total. The summed E-state index contributed by atoms with van der Waals surface area (Å²) >= 11 is 0. The van der Waals surface area contributed by atoms with Gasteiger partial charge in [-0.05, 0) is 42.0 Å². The van der Waals surface area contributed by atoms with E-state index in [9.17, 15) is 9.59 Å². The molecule has 0 radical (unpaired) electrons. The molecule has 5 rings (SSSR count). The number of pyridine rings is 2. The minimum Gasteiger partial charge on any atom is -0.381 e. The van der Waals surface area contributed by atoms with E-state index in [0.29, 0.717) is 23.7 Å². The number of para-hydroxylation sites is 1. The summed E-state index contributed by atoms with van der Waals surface area (Å²) in [5.41, 5.74) is 6.05. The number of fused-ring (bicyclic) bond motifs is 1. The first-order chi connectivity index (χ1) is 18.6. The molecule has 0 aliphatic carbocycles. The standard InChI is InChI=1S/C30H25N5O3/c1-38-14-6-11-28(36)34-24-10-5-7-20(15-24)22-16-25-26(19-33-29(25)32-18-22)21-12-13-27(31-17-21)30(37)35-23-8-3-2-4-9-23/h2-13,15-19H,14H2,1H3,(H,32,33)(H,34,36)(H,35,37)/b11-6+. The van der Waals surface area contributed by atoms with Gasteiger partial charge in [0.2, 0.25) is 5.91 Å². The van der Waals surface area contributed by atoms with Gasteiger partial charge in [0, 0.05) is 65.2 Å². The molecule has 3 heterocycles. The lowest BCUT2D eigenvalue weighted by molar-refractivity contribution is -0.111. The molecule has 2 amide bonds. The first kappa shape index (κ1) is 24.6. The third kappa shape index (κ3) is 5.66. The van der Waals surface area contributed by atoms with Crippen LogP contribution in [0.3, 0.4) is 0 Å². The third-order valence-corrected chi connectivity index (χ3v) is 5.87. The smallest absolute Gasteiger partial charge is 0.274 e. The van der Waals surface area contributed by atoms with Gasteiger partial charge in [-0.15, -0.1) is 0 Å². The lowest BCUT2D eigenvalue weighted by Gasteiger charge is -2.07. The fourth-order valence-electron chi connectivity index (χ4n) is 4.02. The number of nitrogens with one attached hydrogen (secondary N) is 3. The molecule has 3 aromatic heterocycles. The van der Waals surface area contributed by atoms with Crippen LogP contribution >= 0.6 is 0 Å². The van der Waals surface area contributed by atoms with E-state index in [0.717, 1.165) is 33.3 Å². The fraction of sp³-hybridized carbons (Fsp3) is 0.0667. The van der Waals surface area contributed by atoms with Gasteiger partial charge in [-0.2, -0.15) is 0 Å². The van der Waals surface area contributed by atoms with Gasteiger partial charge in [0.25, 0.3) is 5.91 Å². The van der Waals surface area contributed by atoms with Gasteiger partial charge in [0.15, 0.2) is 0 Å². The van der Waals surface area contributed by atoms with Crippen molar-refractivity contribution in [3.63, 3.8) is 0 Å². The topological polar surface area (TPSA) is 109 Å². The first-order valence-corrected chi connectivity index (χ1v) is 12.0. The summed E-state index contributed by atoms with van der Waals surface area (Å²) in [6, 6.07) is 22.5. The number of aromatic amines is 1. The Morgan fingerprint density at radius 3 is 2.47 bits per heavy atom. The van der Waals surface area contributed by atoms with Crippen LogP contribution in [0.15, 0.2) is 104 Å². The molecule has 5 aromatic rings. The number of amides is 2. The molecule has 3 N–H and O–H groups in total. The largest absolute Gasteiger partial charge is 0.381 e. The maximum atomic E-state index is 12.6. The van der Waals surface area contributed by atoms with Crippen LogP contribution in [-0.4, -0.2) is 40.5 Å². The highest BCUT2D eigenvalue weighted by Crippen LogP contribution is 2.31. The van der Waals surface area contributed by atoms with Gasteiger partial charge in [-0.25, -0.2) is 4.98 Å². The Balaban J connectivity index is 1.37. The van der Waals surface area contributed by atoms with Gasteiger partial charge < -0.3 is 20.4 Å². The van der Waals surface area contributed by atoms with Crippen molar-refractivity contribution in [2.24, 2.45) is 0 Å². The van der Waals surface area contributed by atoms with Crippen LogP contribution in [0.5, 0.6) is 0 Å². The number of carbonyl (C=O) groups excluding carboxylic acids is 2. The molecular formula is C30H25N5O3. The Morgan fingerprint density at radius 1 is 0.868 bits per heavy atom. The van der Waals surface area contributed by atoms with Gasteiger partial charge in [0.1, 0.15) is 11.3 Å². The molecular weight excluding hydrogens is 478 g/mol. The van der Waals surface area contributed by atoms with E-state index in [4.69, 9.17) is 4.74 Å². The van der Waals surface area contributed by atoms with Crippen LogP contribution in [0.4, 0.5) is 11.4 Å². The molecule has 38 heavy (non-hydrogen) atoms. The Kier molecular flexibility index (Phi) is 7.33. The van der Waals surface area contributed by atoms with Crippen LogP contribution in [-0.2, 0) is 9.53 Å². The zero-order chi connectivity index (χ0) is 26.3. The van der Waals surface area contributed by atoms with E-state index in [1.807, 2.05) is 72.9 Å². The average Bonchev–Trinajstić information content (AvgIpc) is 3.37. The molecule has 0 spiro atoms. The normalized spacial score (nSPS) is 11.1. The van der Waals surface area contributed by atoms with Crippen LogP contribution in [0.1, 0.15) is 10.5 Å². The number of carbonyl (C=O) groups is 2. The quantitative estimate of drug-likeness (QED) is 0.236. The van der Waals surface area contributed by atoms with Crippen LogP contribution in [0.25, 0.3) is 33.3 Å². The number of benzene rings is 2. The maximum absolute atomic E-state index is 12.6. The van der Waals surface area contributed by atoms with Crippen molar-refractivity contribution in [2.45, 2.75) is 0 Å². The second kappa shape index (κ2) is 11.3. The molecule has 188 valence electrons. The Labute approximate surface area is 219 Å². The lowest BCUT2D eigenvalue weighted by atomic mass is 10.0. The zero-order valence-electron chi connectivity index (χ0n) is 20.6. The fourth-order valence-corrected chi connectivity index (χ4v) is 4.02. The lowest BCUT2D eigenvalue weighted by Crippen LogP contribution is -2.13. The van der Waals surface area contributed by atoms with Crippen LogP contribution in [0, 0.1) is 0 Å². The van der Waals surface area contributed by atoms with Crippen molar-refractivity contribution < 1.29 is 14.3 Å². The molecule has 0 unspecified atom stereocenters. The van der Waals surface area contributed by atoms with E-state index in [1.54, 1.807) is 31.6 Å². The number of methoxy groups -OCH3 is 1. The Bertz CT molecular complexity index is 1610. The summed E-state index contributed by atoms with van der Waals surface area (Å²) < 4.78 is 4.93. The highest BCUT2D eigenvalue weighted by atomic mass is 16.5. The summed E-state index contributed by atoms with van der Waals surface area (Å²) in [6.45, 7) is 0.372. The summed E-state index contributed by atoms with van der Waals surface area (Å²) in [7, 11) is 1.57. The number of H-pyrrole nitrogens is 1. The minimum absolute atomic E-state index is 0.228. The van der Waals surface area contributed by atoms with Gasteiger partial charge in [0.05, 0.1) is 6.61 Å². The van der Waals surface area contributed by atoms with Gasteiger partial charge >= 0.3 is 0 Å². The Morgan fingerprint density at radius 2 is 1.68 bits per heavy atom. The van der Waals surface area contributed by atoms with Crippen LogP contribution in [0.2, 0.25) is 0 Å². The number of hydrogen-bond acceptors (Lipinski definition) is 5. The van der Waals surface area contributed by atoms with Crippen molar-refractivity contribution >= 4 is 34.2 Å². The molecule has 2 aromatic carbocycles. The predicted octanol–water partition coefficient (Wildman–Crippen LogP) is 5.69. The Hall–Kier alpha value is -5.08. The number of hydrogen-bond donors (Lipinski definition) is 3. The van der Waals surface area contributed by atoms with Gasteiger partial charge in [-0.1, -0.05) is 42.5 Å². The predicted molar refractivity (Wildman–Crippen MR) is 149 cm³/mol. The molecule has 8 heteroatoms. The third-order valence-electron chi connectivity index (χ3n) is 5.87. The summed E-state index contributed by atoms with van der Waals surface area (Å²) in [6.07, 6.45) is 8.45. The first-order valence-electron chi connectivity index (χ1n) is 12.0. The summed E-state index contributed by atoms with van der Waals surface area (Å²) in [5.74, 6) is -0.499. The SMILES string of the molecule is COC/C=C/C(=O)Nc1cccc(-c2cnc3[nH]cc(-c4ccc(C(=O)Nc5ccccc5)nc4)c3c2)c1. The van der Waals surface area contributed by atoms with Gasteiger partial charge in [-0.3, -0.25) is 14.6 Å². The number of rotatable bonds is 8. The van der Waals surface area contributed by atoms with Crippen LogP contribution < -0.4 is 10.6 Å². The summed E-state index contributed by atoms with van der Waals surface area (Å²) in [5, 5.41) is 6.62. The monoisotopic (exact) mass is 503 g/mol. The van der Waals surface area contributed by atoms with E-state index in [-0.39, 0.29) is 11.8 Å². The van der Waals surface area contributed by atoms with Crippen molar-refractivity contribution in [2.75, 3.05) is 24.4 Å². The zero-order valence-corrected chi connectivity index (χ0v) is 20.6. The number of anilines is 2. The van der Waals surface area contributed by atoms with E-state index in [2.05, 4.69) is 25.6 Å². The minimum atomic E-state index is -0.271. The van der Waals surface area contributed by atoms with Crippen molar-refractivity contribution in [1.82, 2.24) is 15.0 Å². The molecule has 0 fully saturated rings. The van der Waals surface area contributed by atoms with Crippen molar-refractivity contribution in [3.05, 3.63) is 109 Å². The van der Waals surface area contributed by atoms with E-state index < -0.39 is 0 Å². The second-order valence-corrected chi connectivity index (χ2v) is 8.50. The van der Waals surface area contributed by atoms with E-state index >= 15 is 0 Å². The van der Waals surface area contributed by atoms with Crippen molar-refractivity contribution in [1.29, 1.82) is 0 Å². The molecule has 0 saturated carbocycles. The second-order valence-electron chi connectivity index (χ2n) is 8.50. The number of ether oxygens (including phenoxy) is 1. The van der Waals surface area contributed by atoms with E-state index in [1.165, 1.54) is 6.08 Å². The maximum Gasteiger partial charge on any atom is 0.274 e. The molecule has 0 aliphatic heterocycles. The van der Waals surface area contributed by atoms with Crippen molar-refractivity contribution in [3.8, 4) is 22.3 Å². The molecule has 0 saturated heterocycles. The molecule has 0 bridgehead atoms. The average molecular weight is 504 g/mol. The highest BCUT2D eigenvalue weighted by Gasteiger charge is 2.12. The summed E-state index contributed by atoms with van der Waals surface area (Å²) in [4.78, 5) is 36.9.